The molecule has 4 N–H and O–H groups in total. The Morgan fingerprint density at radius 1 is 0.788 bits per heavy atom. The molecular formula is C53H76N2O11. The molecule has 0 spiro atoms. The van der Waals surface area contributed by atoms with Gasteiger partial charge in [0.1, 0.15) is 29.1 Å². The number of cyclic esters (lactones) is 2. The fourth-order valence-corrected chi connectivity index (χ4v) is 7.96. The second kappa shape index (κ2) is 23.2. The molecule has 0 aromatic heterocycles. The average molecular weight is 917 g/mol. The molecule has 0 saturated carbocycles. The summed E-state index contributed by atoms with van der Waals surface area (Å²) < 4.78 is 29.7. The minimum atomic E-state index is -0.937. The van der Waals surface area contributed by atoms with Crippen LogP contribution in [0, 0.1) is 30.6 Å². The summed E-state index contributed by atoms with van der Waals surface area (Å²) in [5.74, 6) is -2.02. The highest BCUT2D eigenvalue weighted by atomic mass is 16.8. The van der Waals surface area contributed by atoms with Gasteiger partial charge in [-0.15, -0.1) is 0 Å². The largest absolute Gasteiger partial charge is 0.507 e. The van der Waals surface area contributed by atoms with E-state index in [1.54, 1.807) is 30.0 Å². The Morgan fingerprint density at radius 3 is 1.91 bits per heavy atom. The van der Waals surface area contributed by atoms with E-state index in [9.17, 15) is 29.7 Å². The number of rotatable bonds is 4. The van der Waals surface area contributed by atoms with Gasteiger partial charge in [0.05, 0.1) is 30.0 Å². The summed E-state index contributed by atoms with van der Waals surface area (Å²) >= 11 is 0. The Labute approximate surface area is 392 Å². The number of nitrogens with zero attached hydrogens (tertiary/aromatic N) is 1. The van der Waals surface area contributed by atoms with Gasteiger partial charge in [-0.05, 0) is 117 Å². The van der Waals surface area contributed by atoms with Crippen LogP contribution in [-0.2, 0) is 23.7 Å². The number of phenolic OH excluding ortho intramolecular Hbond substituents is 1. The second-order valence-corrected chi connectivity index (χ2v) is 19.3. The number of nitrogens with one attached hydrogen (secondary N) is 1. The van der Waals surface area contributed by atoms with Crippen LogP contribution in [0.1, 0.15) is 140 Å². The molecule has 3 aliphatic heterocycles. The lowest BCUT2D eigenvalue weighted by Gasteiger charge is -2.27. The molecule has 1 fully saturated rings. The molecule has 0 aliphatic carbocycles. The van der Waals surface area contributed by atoms with Gasteiger partial charge in [0.15, 0.2) is 5.79 Å². The minimum absolute atomic E-state index is 0.0134. The molecule has 66 heavy (non-hydrogen) atoms. The standard InChI is InChI=1S/C31H45NO6.C22H31NO5/c1-11-32(29(34)38-30(6,7)8)24-17-21(4)26-23(18-24)13-12-14-25-27(37-31(9,10)36-25)20(3)16-15-19(2)22(5)35-28(26)33;1-5-23-17-11-16-7-6-8-18(24)21(26)14(3)10-9-13(2)15(4)28-22(27)20(16)19(25)12-17/h12-13,15-20,22,25,27H,11,14H2,1-10H3;6-7,9-15,18,21,23-26H,5,8H2,1-4H3/b13-12+,16-15-;7-6+,10-9-/t19-,20-,22+,25+,27-;13-,14-,15+,18+,21-/m11/s1. The molecule has 1 amide bonds. The topological polar surface area (TPSA) is 173 Å². The van der Waals surface area contributed by atoms with Crippen molar-refractivity contribution in [3.05, 3.63) is 88.5 Å². The van der Waals surface area contributed by atoms with E-state index in [-0.39, 0.29) is 65.7 Å². The number of anilines is 2. The van der Waals surface area contributed by atoms with Crippen molar-refractivity contribution in [1.29, 1.82) is 0 Å². The van der Waals surface area contributed by atoms with E-state index in [0.29, 0.717) is 47.6 Å². The molecule has 0 radical (unpaired) electrons. The van der Waals surface area contributed by atoms with Crippen LogP contribution in [0.4, 0.5) is 16.2 Å². The zero-order valence-electron chi connectivity index (χ0n) is 41.6. The van der Waals surface area contributed by atoms with Crippen molar-refractivity contribution in [3.63, 3.8) is 0 Å². The van der Waals surface area contributed by atoms with Crippen molar-refractivity contribution in [3.8, 4) is 5.75 Å². The summed E-state index contributed by atoms with van der Waals surface area (Å²) in [5.41, 5.74) is 3.18. The van der Waals surface area contributed by atoms with Gasteiger partial charge in [-0.25, -0.2) is 14.4 Å². The maximum absolute atomic E-state index is 13.4. The molecule has 5 rings (SSSR count). The molecule has 1 saturated heterocycles. The van der Waals surface area contributed by atoms with Crippen LogP contribution in [0.5, 0.6) is 5.75 Å². The number of benzene rings is 2. The number of ether oxygens (including phenoxy) is 5. The lowest BCUT2D eigenvalue weighted by Crippen LogP contribution is -2.37. The highest BCUT2D eigenvalue weighted by Crippen LogP contribution is 2.36. The fraction of sp³-hybridized carbons (Fsp3) is 0.566. The van der Waals surface area contributed by atoms with Crippen molar-refractivity contribution in [2.75, 3.05) is 23.3 Å². The Balaban J connectivity index is 0.000000302. The third kappa shape index (κ3) is 14.5. The predicted octanol–water partition coefficient (Wildman–Crippen LogP) is 10.4. The number of carbonyl (C=O) groups is 3. The van der Waals surface area contributed by atoms with Crippen LogP contribution < -0.4 is 10.2 Å². The Kier molecular flexibility index (Phi) is 18.8. The van der Waals surface area contributed by atoms with Crippen LogP contribution >= 0.6 is 0 Å². The quantitative estimate of drug-likeness (QED) is 0.130. The second-order valence-electron chi connectivity index (χ2n) is 19.3. The van der Waals surface area contributed by atoms with Gasteiger partial charge in [-0.3, -0.25) is 4.90 Å². The highest BCUT2D eigenvalue weighted by molar-refractivity contribution is 5.98. The molecule has 3 aliphatic rings. The number of hydrogen-bond acceptors (Lipinski definition) is 12. The van der Waals surface area contributed by atoms with Crippen LogP contribution in [0.15, 0.2) is 60.7 Å². The zero-order chi connectivity index (χ0) is 49.3. The molecule has 364 valence electrons. The van der Waals surface area contributed by atoms with Crippen molar-refractivity contribution in [2.24, 2.45) is 23.7 Å². The molecule has 3 heterocycles. The number of aromatic hydroxyl groups is 1. The number of esters is 2. The number of aliphatic hydroxyl groups excluding tert-OH is 2. The molecule has 2 aromatic rings. The first-order valence-corrected chi connectivity index (χ1v) is 23.5. The Hall–Kier alpha value is -4.95. The Morgan fingerprint density at radius 2 is 1.33 bits per heavy atom. The number of carbonyl (C=O) groups excluding carboxylic acids is 3. The average Bonchev–Trinajstić information content (AvgIpc) is 3.53. The van der Waals surface area contributed by atoms with Gasteiger partial charge < -0.3 is 44.3 Å². The third-order valence-corrected chi connectivity index (χ3v) is 12.0. The summed E-state index contributed by atoms with van der Waals surface area (Å²) in [5, 5.41) is 34.2. The number of amides is 1. The first kappa shape index (κ1) is 53.7. The van der Waals surface area contributed by atoms with Crippen LogP contribution in [-0.4, -0.2) is 94.5 Å². The van der Waals surface area contributed by atoms with E-state index < -0.39 is 41.8 Å². The molecule has 0 bridgehead atoms. The first-order chi connectivity index (χ1) is 30.9. The maximum Gasteiger partial charge on any atom is 0.414 e. The number of hydrogen-bond donors (Lipinski definition) is 4. The molecule has 0 unspecified atom stereocenters. The van der Waals surface area contributed by atoms with E-state index in [2.05, 4.69) is 24.4 Å². The van der Waals surface area contributed by atoms with Gasteiger partial charge >= 0.3 is 18.0 Å². The van der Waals surface area contributed by atoms with Gasteiger partial charge in [-0.2, -0.15) is 0 Å². The number of fused-ring (bicyclic) bond motifs is 3. The highest BCUT2D eigenvalue weighted by Gasteiger charge is 2.42. The molecule has 13 nitrogen and oxygen atoms in total. The molecule has 13 heteroatoms. The summed E-state index contributed by atoms with van der Waals surface area (Å²) in [6, 6.07) is 6.94. The molecule has 2 aromatic carbocycles. The summed E-state index contributed by atoms with van der Waals surface area (Å²) in [6.45, 7) is 27.8. The van der Waals surface area contributed by atoms with E-state index >= 15 is 0 Å². The van der Waals surface area contributed by atoms with Gasteiger partial charge in [0.25, 0.3) is 0 Å². The third-order valence-electron chi connectivity index (χ3n) is 12.0. The minimum Gasteiger partial charge on any atom is -0.507 e. The number of phenols is 1. The summed E-state index contributed by atoms with van der Waals surface area (Å²) in [4.78, 5) is 40.7. The first-order valence-electron chi connectivity index (χ1n) is 23.5. The monoisotopic (exact) mass is 917 g/mol. The number of aryl methyl sites for hydroxylation is 1. The van der Waals surface area contributed by atoms with Crippen LogP contribution in [0.3, 0.4) is 0 Å². The normalized spacial score (nSPS) is 30.1. The van der Waals surface area contributed by atoms with E-state index in [1.165, 1.54) is 6.07 Å². The van der Waals surface area contributed by atoms with E-state index in [4.69, 9.17) is 23.7 Å². The summed E-state index contributed by atoms with van der Waals surface area (Å²) in [7, 11) is 0. The van der Waals surface area contributed by atoms with Gasteiger partial charge in [0, 0.05) is 54.2 Å². The van der Waals surface area contributed by atoms with E-state index in [1.807, 2.05) is 120 Å². The molecular weight excluding hydrogens is 841 g/mol. The number of aliphatic hydroxyl groups is 2. The zero-order valence-corrected chi connectivity index (χ0v) is 41.6. The van der Waals surface area contributed by atoms with Crippen molar-refractivity contribution >= 4 is 41.6 Å². The predicted molar refractivity (Wildman–Crippen MR) is 261 cm³/mol. The van der Waals surface area contributed by atoms with Crippen molar-refractivity contribution < 1.29 is 53.4 Å². The lowest BCUT2D eigenvalue weighted by molar-refractivity contribution is -0.148. The molecule has 10 atom stereocenters. The van der Waals surface area contributed by atoms with Gasteiger partial charge in [-0.1, -0.05) is 76.3 Å². The maximum atomic E-state index is 13.4. The SMILES string of the molecule is CCN(C(=O)OC(C)(C)C)c1cc(C)c2c(c1)/C=C/C[C@@H]1OC(C)(C)O[C@@H]1[C@H](C)/C=C\[C@@H](C)[C@H](C)OC2=O.CCNc1cc(O)c2c(c1)/C=C/C[C@H](O)[C@H](O)[C@H](C)/C=C\[C@@H](C)[C@H](C)OC2=O. The van der Waals surface area contributed by atoms with E-state index in [0.717, 1.165) is 5.56 Å². The Bertz CT molecular complexity index is 2120. The van der Waals surface area contributed by atoms with Gasteiger partial charge in [0.2, 0.25) is 0 Å². The van der Waals surface area contributed by atoms with Crippen molar-refractivity contribution in [1.82, 2.24) is 0 Å². The van der Waals surface area contributed by atoms with Crippen LogP contribution in [0.2, 0.25) is 0 Å². The van der Waals surface area contributed by atoms with Crippen LogP contribution in [0.25, 0.3) is 12.2 Å². The smallest absolute Gasteiger partial charge is 0.414 e. The summed E-state index contributed by atoms with van der Waals surface area (Å²) in [6.07, 6.45) is 12.7. The lowest BCUT2D eigenvalue weighted by atomic mass is 9.93. The van der Waals surface area contributed by atoms with Crippen molar-refractivity contribution in [2.45, 2.75) is 158 Å². The fourth-order valence-electron chi connectivity index (χ4n) is 7.96.